The van der Waals surface area contributed by atoms with Crippen molar-refractivity contribution in [2.45, 2.75) is 0 Å². The molecule has 0 aromatic heterocycles. The molecule has 0 aliphatic carbocycles. The molecule has 0 saturated carbocycles. The van der Waals surface area contributed by atoms with Crippen LogP contribution in [0.4, 0.5) is 0 Å². The standard InChI is InChI=1S/C4H8O4P.Y/c1-7-9(6,8-2)4-3-5;/h4H2,1-2H3;/q-1;. The molecule has 0 aliphatic heterocycles. The van der Waals surface area contributed by atoms with Gasteiger partial charge in [0.2, 0.25) is 0 Å². The first-order valence-corrected chi connectivity index (χ1v) is 3.97. The van der Waals surface area contributed by atoms with E-state index in [1.54, 1.807) is 0 Å². The number of hydrogen-bond donors (Lipinski definition) is 0. The second-order valence-electron chi connectivity index (χ2n) is 1.28. The van der Waals surface area contributed by atoms with Crippen LogP contribution >= 0.6 is 7.60 Å². The van der Waals surface area contributed by atoms with Crippen molar-refractivity contribution in [2.24, 2.45) is 0 Å². The van der Waals surface area contributed by atoms with Gasteiger partial charge in [0.05, 0.1) is 0 Å². The molecule has 0 saturated heterocycles. The molecule has 4 nitrogen and oxygen atoms in total. The molecule has 57 valence electrons. The predicted octanol–water partition coefficient (Wildman–Crippen LogP) is 0.579. The molecule has 10 heavy (non-hydrogen) atoms. The molecule has 0 fully saturated rings. The summed E-state index contributed by atoms with van der Waals surface area (Å²) in [5.74, 6) is 0. The molecule has 0 spiro atoms. The molecule has 0 rings (SSSR count). The van der Waals surface area contributed by atoms with E-state index in [2.05, 4.69) is 9.05 Å². The first kappa shape index (κ1) is 13.5. The van der Waals surface area contributed by atoms with E-state index in [9.17, 15) is 9.36 Å². The third-order valence-corrected chi connectivity index (χ3v) is 2.44. The molecular formula is C4H8O4PY-. The van der Waals surface area contributed by atoms with Gasteiger partial charge in [0.25, 0.3) is 0 Å². The van der Waals surface area contributed by atoms with Gasteiger partial charge in [-0.3, -0.25) is 10.9 Å². The first-order chi connectivity index (χ1) is 4.18. The fourth-order valence-corrected chi connectivity index (χ4v) is 0.848. The van der Waals surface area contributed by atoms with E-state index in [4.69, 9.17) is 0 Å². The van der Waals surface area contributed by atoms with Crippen molar-refractivity contribution >= 4 is 13.9 Å². The molecule has 0 N–H and O–H groups in total. The minimum atomic E-state index is -3.10. The zero-order chi connectivity index (χ0) is 7.33. The molecule has 0 bridgehead atoms. The van der Waals surface area contributed by atoms with Gasteiger partial charge in [-0.1, -0.05) is 0 Å². The van der Waals surface area contributed by atoms with Crippen molar-refractivity contribution in [3.8, 4) is 0 Å². The van der Waals surface area contributed by atoms with Crippen LogP contribution in [0, 0.1) is 0 Å². The van der Waals surface area contributed by atoms with E-state index >= 15 is 0 Å². The van der Waals surface area contributed by atoms with Gasteiger partial charge in [0, 0.05) is 46.9 Å². The van der Waals surface area contributed by atoms with Gasteiger partial charge < -0.3 is 13.8 Å². The Morgan fingerprint density at radius 3 is 1.90 bits per heavy atom. The maximum Gasteiger partial charge on any atom is 0.304 e. The summed E-state index contributed by atoms with van der Waals surface area (Å²) in [4.78, 5) is 9.68. The van der Waals surface area contributed by atoms with Gasteiger partial charge in [0.1, 0.15) is 0 Å². The Hall–Kier alpha value is 0.924. The van der Waals surface area contributed by atoms with E-state index in [1.807, 2.05) is 0 Å². The number of carbonyl (C=O) groups excluding carboxylic acids is 1. The zero-order valence-electron chi connectivity index (χ0n) is 5.86. The summed E-state index contributed by atoms with van der Waals surface area (Å²) >= 11 is 0. The fourth-order valence-electron chi connectivity index (χ4n) is 0.283. The second kappa shape index (κ2) is 6.62. The van der Waals surface area contributed by atoms with Crippen LogP contribution in [0.5, 0.6) is 0 Å². The van der Waals surface area contributed by atoms with Gasteiger partial charge >= 0.3 is 7.60 Å². The minimum absolute atomic E-state index is 0. The molecule has 0 amide bonds. The molecule has 1 radical (unpaired) electrons. The molecule has 0 aromatic carbocycles. The summed E-state index contributed by atoms with van der Waals surface area (Å²) in [5.41, 5.74) is 0. The summed E-state index contributed by atoms with van der Waals surface area (Å²) in [6, 6.07) is 0. The van der Waals surface area contributed by atoms with Gasteiger partial charge in [0.15, 0.2) is 0 Å². The van der Waals surface area contributed by atoms with Crippen LogP contribution in [0.25, 0.3) is 0 Å². The summed E-state index contributed by atoms with van der Waals surface area (Å²) in [6.45, 7) is 0. The van der Waals surface area contributed by atoms with Crippen molar-refractivity contribution in [1.29, 1.82) is 0 Å². The summed E-state index contributed by atoms with van der Waals surface area (Å²) in [6.07, 6.45) is 1.14. The van der Waals surface area contributed by atoms with Crippen molar-refractivity contribution in [3.63, 3.8) is 0 Å². The topological polar surface area (TPSA) is 52.6 Å². The smallest absolute Gasteiger partial charge is 0.304 e. The van der Waals surface area contributed by atoms with Crippen LogP contribution in [0.1, 0.15) is 0 Å². The first-order valence-electron chi connectivity index (χ1n) is 2.24. The summed E-state index contributed by atoms with van der Waals surface area (Å²) in [5, 5.41) is 0. The Bertz CT molecular complexity index is 129. The van der Waals surface area contributed by atoms with Gasteiger partial charge in [-0.25, -0.2) is 0 Å². The van der Waals surface area contributed by atoms with Crippen molar-refractivity contribution in [2.75, 3.05) is 20.4 Å². The molecule has 0 heterocycles. The van der Waals surface area contributed by atoms with Crippen molar-refractivity contribution < 1.29 is 51.1 Å². The third-order valence-electron chi connectivity index (χ3n) is 0.815. The zero-order valence-corrected chi connectivity index (χ0v) is 9.60. The second-order valence-corrected chi connectivity index (χ2v) is 3.55. The Balaban J connectivity index is 0. The van der Waals surface area contributed by atoms with Crippen molar-refractivity contribution in [1.82, 2.24) is 0 Å². The Morgan fingerprint density at radius 2 is 1.80 bits per heavy atom. The monoisotopic (exact) mass is 240 g/mol. The maximum absolute atomic E-state index is 10.8. The molecular weight excluding hydrogens is 232 g/mol. The average molecular weight is 240 g/mol. The van der Waals surface area contributed by atoms with E-state index < -0.39 is 7.60 Å². The quantitative estimate of drug-likeness (QED) is 0.532. The van der Waals surface area contributed by atoms with Gasteiger partial charge in [-0.2, -0.15) is 0 Å². The Morgan fingerprint density at radius 1 is 1.40 bits per heavy atom. The van der Waals surface area contributed by atoms with Gasteiger partial charge in [-0.05, 0) is 6.16 Å². The third kappa shape index (κ3) is 4.70. The fraction of sp³-hybridized carbons (Fsp3) is 0.750. The predicted molar refractivity (Wildman–Crippen MR) is 32.2 cm³/mol. The Labute approximate surface area is 85.1 Å². The average Bonchev–Trinajstić information content (AvgIpc) is 1.89. The number of rotatable bonds is 4. The molecule has 6 heteroatoms. The van der Waals surface area contributed by atoms with Crippen LogP contribution < -0.4 is 0 Å². The number of hydrogen-bond acceptors (Lipinski definition) is 4. The van der Waals surface area contributed by atoms with Crippen LogP contribution in [0.3, 0.4) is 0 Å². The maximum atomic E-state index is 10.8. The summed E-state index contributed by atoms with van der Waals surface area (Å²) in [7, 11) is -0.657. The normalized spacial score (nSPS) is 10.2. The summed E-state index contributed by atoms with van der Waals surface area (Å²) < 4.78 is 19.6. The van der Waals surface area contributed by atoms with Crippen molar-refractivity contribution in [3.05, 3.63) is 0 Å². The van der Waals surface area contributed by atoms with Crippen LogP contribution in [-0.2, 0) is 51.1 Å². The van der Waals surface area contributed by atoms with Crippen LogP contribution in [0.15, 0.2) is 0 Å². The largest absolute Gasteiger partial charge is 0.541 e. The Kier molecular flexibility index (Phi) is 8.95. The molecule has 0 aromatic rings. The van der Waals surface area contributed by atoms with Crippen LogP contribution in [0.2, 0.25) is 0 Å². The van der Waals surface area contributed by atoms with E-state index in [0.717, 1.165) is 0 Å². The SMILES string of the molecule is COP(=O)(C[C-]=O)OC.[Y]. The molecule has 0 atom stereocenters. The molecule has 0 aliphatic rings. The molecule has 0 unspecified atom stereocenters. The van der Waals surface area contributed by atoms with E-state index in [-0.39, 0.29) is 38.9 Å². The van der Waals surface area contributed by atoms with E-state index in [0.29, 0.717) is 0 Å². The van der Waals surface area contributed by atoms with E-state index in [1.165, 1.54) is 20.5 Å². The minimum Gasteiger partial charge on any atom is -0.541 e. The van der Waals surface area contributed by atoms with Gasteiger partial charge in [-0.15, -0.1) is 0 Å². The van der Waals surface area contributed by atoms with Crippen LogP contribution in [-0.4, -0.2) is 26.7 Å².